The Morgan fingerprint density at radius 2 is 1.97 bits per heavy atom. The molecular formula is C21H19Cl3N4O2S. The fourth-order valence-corrected chi connectivity index (χ4v) is 4.49. The Labute approximate surface area is 199 Å². The van der Waals surface area contributed by atoms with Crippen LogP contribution in [0.5, 0.6) is 5.75 Å². The zero-order chi connectivity index (χ0) is 21.1. The van der Waals surface area contributed by atoms with Crippen LogP contribution in [-0.4, -0.2) is 34.1 Å². The summed E-state index contributed by atoms with van der Waals surface area (Å²) in [5, 5.41) is 1.73. The molecule has 0 saturated carbocycles. The molecule has 2 aromatic carbocycles. The number of rotatable bonds is 7. The van der Waals surface area contributed by atoms with Crippen molar-refractivity contribution in [3.63, 3.8) is 0 Å². The van der Waals surface area contributed by atoms with Gasteiger partial charge in [0.15, 0.2) is 5.13 Å². The number of imidazole rings is 1. The maximum absolute atomic E-state index is 13.3. The zero-order valence-electron chi connectivity index (χ0n) is 16.5. The number of fused-ring (bicyclic) bond motifs is 1. The molecular weight excluding hydrogens is 479 g/mol. The van der Waals surface area contributed by atoms with Crippen LogP contribution in [0, 0.1) is 0 Å². The van der Waals surface area contributed by atoms with Crippen molar-refractivity contribution < 1.29 is 9.53 Å². The van der Waals surface area contributed by atoms with Crippen LogP contribution in [-0.2, 0) is 6.54 Å². The number of halogens is 3. The Kier molecular flexibility index (Phi) is 7.78. The largest absolute Gasteiger partial charge is 0.494 e. The molecule has 0 N–H and O–H groups in total. The summed E-state index contributed by atoms with van der Waals surface area (Å²) in [5.41, 5.74) is 1.19. The lowest BCUT2D eigenvalue weighted by molar-refractivity contribution is 0.0986. The molecule has 6 nitrogen and oxygen atoms in total. The molecule has 0 aliphatic carbocycles. The molecule has 4 aromatic rings. The maximum atomic E-state index is 13.3. The van der Waals surface area contributed by atoms with E-state index >= 15 is 0 Å². The third kappa shape index (κ3) is 5.13. The first-order valence-corrected chi connectivity index (χ1v) is 10.8. The number of thiazole rings is 1. The number of nitrogens with zero attached hydrogens (tertiary/aromatic N) is 4. The van der Waals surface area contributed by atoms with Crippen LogP contribution < -0.4 is 9.64 Å². The molecule has 0 saturated heterocycles. The van der Waals surface area contributed by atoms with E-state index in [1.165, 1.54) is 11.3 Å². The predicted octanol–water partition coefficient (Wildman–Crippen LogP) is 5.97. The van der Waals surface area contributed by atoms with Crippen molar-refractivity contribution in [2.24, 2.45) is 0 Å². The highest BCUT2D eigenvalue weighted by molar-refractivity contribution is 7.23. The molecule has 0 aliphatic heterocycles. The highest BCUT2D eigenvalue weighted by Crippen LogP contribution is 2.39. The molecule has 4 rings (SSSR count). The smallest absolute Gasteiger partial charge is 0.260 e. The van der Waals surface area contributed by atoms with E-state index in [-0.39, 0.29) is 18.3 Å². The fraction of sp³-hybridized carbons (Fsp3) is 0.190. The first-order valence-electron chi connectivity index (χ1n) is 9.23. The van der Waals surface area contributed by atoms with Gasteiger partial charge in [-0.05, 0) is 42.8 Å². The third-order valence-electron chi connectivity index (χ3n) is 4.59. The summed E-state index contributed by atoms with van der Waals surface area (Å²) in [4.78, 5) is 23.8. The molecule has 0 bridgehead atoms. The van der Waals surface area contributed by atoms with Crippen LogP contribution in [0.2, 0.25) is 10.0 Å². The second kappa shape index (κ2) is 10.3. The van der Waals surface area contributed by atoms with Crippen LogP contribution >= 0.6 is 46.9 Å². The molecule has 2 heterocycles. The minimum atomic E-state index is -0.147. The average molecular weight is 498 g/mol. The third-order valence-corrected chi connectivity index (χ3v) is 6.38. The van der Waals surface area contributed by atoms with E-state index in [9.17, 15) is 4.79 Å². The highest BCUT2D eigenvalue weighted by Gasteiger charge is 2.23. The topological polar surface area (TPSA) is 60.2 Å². The van der Waals surface area contributed by atoms with Gasteiger partial charge in [0.25, 0.3) is 5.91 Å². The van der Waals surface area contributed by atoms with Gasteiger partial charge in [0.2, 0.25) is 0 Å². The van der Waals surface area contributed by atoms with E-state index in [0.717, 1.165) is 17.7 Å². The van der Waals surface area contributed by atoms with Crippen LogP contribution in [0.25, 0.3) is 10.2 Å². The van der Waals surface area contributed by atoms with E-state index in [1.54, 1.807) is 60.9 Å². The van der Waals surface area contributed by atoms with E-state index < -0.39 is 0 Å². The Balaban J connectivity index is 0.00000272. The number of anilines is 1. The van der Waals surface area contributed by atoms with E-state index in [0.29, 0.717) is 38.6 Å². The average Bonchev–Trinajstić information content (AvgIpc) is 3.42. The van der Waals surface area contributed by atoms with E-state index in [1.807, 2.05) is 10.8 Å². The number of aromatic nitrogens is 3. The van der Waals surface area contributed by atoms with Crippen LogP contribution in [0.3, 0.4) is 0 Å². The first-order chi connectivity index (χ1) is 14.6. The zero-order valence-corrected chi connectivity index (χ0v) is 19.6. The highest BCUT2D eigenvalue weighted by atomic mass is 35.5. The lowest BCUT2D eigenvalue weighted by Crippen LogP contribution is -2.32. The monoisotopic (exact) mass is 496 g/mol. The van der Waals surface area contributed by atoms with Gasteiger partial charge in [-0.15, -0.1) is 12.4 Å². The quantitative estimate of drug-likeness (QED) is 0.316. The molecule has 0 fully saturated rings. The molecule has 31 heavy (non-hydrogen) atoms. The maximum Gasteiger partial charge on any atom is 0.260 e. The number of aryl methyl sites for hydroxylation is 1. The number of methoxy groups -OCH3 is 1. The molecule has 1 amide bonds. The lowest BCUT2D eigenvalue weighted by atomic mass is 10.2. The van der Waals surface area contributed by atoms with Crippen LogP contribution in [0.1, 0.15) is 16.8 Å². The summed E-state index contributed by atoms with van der Waals surface area (Å²) in [6.45, 7) is 1.22. The Hall–Kier alpha value is -2.32. The van der Waals surface area contributed by atoms with Gasteiger partial charge in [0.1, 0.15) is 11.3 Å². The van der Waals surface area contributed by atoms with Gasteiger partial charge in [0, 0.05) is 36.1 Å². The van der Waals surface area contributed by atoms with Crippen molar-refractivity contribution in [3.05, 3.63) is 70.7 Å². The normalized spacial score (nSPS) is 10.7. The fourth-order valence-electron chi connectivity index (χ4n) is 3.08. The number of hydrogen-bond donors (Lipinski definition) is 0. The molecule has 162 valence electrons. The van der Waals surface area contributed by atoms with Crippen molar-refractivity contribution in [1.82, 2.24) is 14.5 Å². The summed E-state index contributed by atoms with van der Waals surface area (Å²) in [7, 11) is 1.59. The summed E-state index contributed by atoms with van der Waals surface area (Å²) >= 11 is 13.7. The van der Waals surface area contributed by atoms with Crippen LogP contribution in [0.4, 0.5) is 5.13 Å². The predicted molar refractivity (Wildman–Crippen MR) is 128 cm³/mol. The number of hydrogen-bond acceptors (Lipinski definition) is 5. The van der Waals surface area contributed by atoms with Gasteiger partial charge in [-0.25, -0.2) is 9.97 Å². The van der Waals surface area contributed by atoms with Crippen molar-refractivity contribution in [2.45, 2.75) is 13.0 Å². The van der Waals surface area contributed by atoms with Gasteiger partial charge in [-0.1, -0.05) is 34.5 Å². The molecule has 0 aliphatic rings. The van der Waals surface area contributed by atoms with Gasteiger partial charge < -0.3 is 9.30 Å². The molecule has 2 aromatic heterocycles. The molecule has 0 atom stereocenters. The van der Waals surface area contributed by atoms with Crippen molar-refractivity contribution in [3.8, 4) is 5.75 Å². The number of amides is 1. The standard InChI is InChI=1S/C21H18Cl2N4O2S.ClH/c1-29-17-8-7-16(23)19-18(17)25-21(30-19)27(11-2-10-26-12-9-24-13-26)20(28)14-3-5-15(22)6-4-14;/h3-9,12-13H,2,10-11H2,1H3;1H. The van der Waals surface area contributed by atoms with Gasteiger partial charge in [-0.3, -0.25) is 9.69 Å². The summed E-state index contributed by atoms with van der Waals surface area (Å²) in [6.07, 6.45) is 6.12. The van der Waals surface area contributed by atoms with Gasteiger partial charge in [0.05, 0.1) is 23.2 Å². The van der Waals surface area contributed by atoms with Gasteiger partial charge in [-0.2, -0.15) is 0 Å². The summed E-state index contributed by atoms with van der Waals surface area (Å²) < 4.78 is 8.18. The lowest BCUT2D eigenvalue weighted by Gasteiger charge is -2.20. The Morgan fingerprint density at radius 3 is 2.65 bits per heavy atom. The number of ether oxygens (including phenoxy) is 1. The van der Waals surface area contributed by atoms with Crippen molar-refractivity contribution >= 4 is 68.2 Å². The molecule has 0 radical (unpaired) electrons. The molecule has 0 spiro atoms. The minimum absolute atomic E-state index is 0. The number of carbonyl (C=O) groups is 1. The minimum Gasteiger partial charge on any atom is -0.494 e. The first kappa shape index (κ1) is 23.3. The SMILES string of the molecule is COc1ccc(Cl)c2sc(N(CCCn3ccnc3)C(=O)c3ccc(Cl)cc3)nc12.Cl. The van der Waals surface area contributed by atoms with Crippen molar-refractivity contribution in [1.29, 1.82) is 0 Å². The summed E-state index contributed by atoms with van der Waals surface area (Å²) in [6, 6.07) is 10.4. The number of carbonyl (C=O) groups excluding carboxylic acids is 1. The Morgan fingerprint density at radius 1 is 1.19 bits per heavy atom. The van der Waals surface area contributed by atoms with Gasteiger partial charge >= 0.3 is 0 Å². The Bertz CT molecular complexity index is 1160. The second-order valence-electron chi connectivity index (χ2n) is 6.54. The van der Waals surface area contributed by atoms with Crippen LogP contribution in [0.15, 0.2) is 55.1 Å². The molecule has 10 heteroatoms. The van der Waals surface area contributed by atoms with E-state index in [2.05, 4.69) is 4.98 Å². The summed E-state index contributed by atoms with van der Waals surface area (Å²) in [5.74, 6) is 0.473. The second-order valence-corrected chi connectivity index (χ2v) is 8.36. The van der Waals surface area contributed by atoms with E-state index in [4.69, 9.17) is 32.9 Å². The van der Waals surface area contributed by atoms with Crippen molar-refractivity contribution in [2.75, 3.05) is 18.6 Å². The number of benzene rings is 2. The molecule has 0 unspecified atom stereocenters.